The zero-order chi connectivity index (χ0) is 20.9. The van der Waals surface area contributed by atoms with Gasteiger partial charge in [0.1, 0.15) is 4.90 Å². The summed E-state index contributed by atoms with van der Waals surface area (Å²) in [7, 11) is -4.06. The lowest BCUT2D eigenvalue weighted by Gasteiger charge is -2.14. The molecule has 0 saturated heterocycles. The number of para-hydroxylation sites is 1. The first-order valence-electron chi connectivity index (χ1n) is 8.95. The molecule has 0 aromatic heterocycles. The number of benzene rings is 3. The lowest BCUT2D eigenvalue weighted by molar-refractivity contribution is 0.327. The maximum Gasteiger partial charge on any atom is 0.339 e. The number of aliphatic imine (C=N–C) groups is 1. The Bertz CT molecular complexity index is 1110. The molecule has 0 fully saturated rings. The molecule has 0 unspecified atom stereocenters. The highest BCUT2D eigenvalue weighted by atomic mass is 35.5. The molecular weight excluding hydrogens is 410 g/mol. The minimum absolute atomic E-state index is 0.0383. The van der Waals surface area contributed by atoms with E-state index in [-0.39, 0.29) is 21.4 Å². The van der Waals surface area contributed by atoms with Crippen LogP contribution < -0.4 is 8.92 Å². The van der Waals surface area contributed by atoms with Gasteiger partial charge in [0, 0.05) is 6.21 Å². The van der Waals surface area contributed by atoms with Gasteiger partial charge in [-0.3, -0.25) is 4.99 Å². The number of rotatable bonds is 7. The highest BCUT2D eigenvalue weighted by molar-refractivity contribution is 7.87. The molecule has 0 spiro atoms. The zero-order valence-corrected chi connectivity index (χ0v) is 17.6. The van der Waals surface area contributed by atoms with Crippen LogP contribution >= 0.6 is 11.6 Å². The number of hydrogen-bond acceptors (Lipinski definition) is 5. The Balaban J connectivity index is 1.94. The fraction of sp³-hybridized carbons (Fsp3) is 0.136. The van der Waals surface area contributed by atoms with Gasteiger partial charge in [-0.05, 0) is 55.8 Å². The van der Waals surface area contributed by atoms with Crippen molar-refractivity contribution >= 4 is 33.6 Å². The molecule has 0 saturated carbocycles. The van der Waals surface area contributed by atoms with Crippen LogP contribution in [-0.4, -0.2) is 21.2 Å². The Kier molecular flexibility index (Phi) is 6.56. The molecule has 0 N–H and O–H groups in total. The van der Waals surface area contributed by atoms with Crippen LogP contribution in [0.15, 0.2) is 76.6 Å². The number of ether oxygens (including phenoxy) is 1. The second kappa shape index (κ2) is 9.11. The second-order valence-electron chi connectivity index (χ2n) is 6.21. The van der Waals surface area contributed by atoms with Gasteiger partial charge in [0.25, 0.3) is 0 Å². The topological polar surface area (TPSA) is 65.0 Å². The van der Waals surface area contributed by atoms with Gasteiger partial charge >= 0.3 is 10.1 Å². The van der Waals surface area contributed by atoms with Crippen molar-refractivity contribution in [3.05, 3.63) is 82.9 Å². The predicted molar refractivity (Wildman–Crippen MR) is 115 cm³/mol. The normalized spacial score (nSPS) is 11.6. The maximum absolute atomic E-state index is 12.7. The molecule has 0 heterocycles. The summed E-state index contributed by atoms with van der Waals surface area (Å²) in [6.07, 6.45) is 1.63. The molecule has 0 aliphatic rings. The predicted octanol–water partition coefficient (Wildman–Crippen LogP) is 5.57. The molecule has 7 heteroatoms. The van der Waals surface area contributed by atoms with E-state index in [0.717, 1.165) is 11.3 Å². The zero-order valence-electron chi connectivity index (χ0n) is 16.0. The van der Waals surface area contributed by atoms with Crippen molar-refractivity contribution in [2.45, 2.75) is 18.7 Å². The van der Waals surface area contributed by atoms with Crippen molar-refractivity contribution in [3.63, 3.8) is 0 Å². The second-order valence-corrected chi connectivity index (χ2v) is 8.16. The quantitative estimate of drug-likeness (QED) is 0.364. The van der Waals surface area contributed by atoms with Crippen molar-refractivity contribution < 1.29 is 17.3 Å². The fourth-order valence-corrected chi connectivity index (χ4v) is 3.79. The molecule has 150 valence electrons. The lowest BCUT2D eigenvalue weighted by atomic mass is 10.2. The minimum atomic E-state index is -4.06. The number of nitrogens with zero attached hydrogens (tertiary/aromatic N) is 1. The first-order chi connectivity index (χ1) is 13.9. The Morgan fingerprint density at radius 3 is 2.38 bits per heavy atom. The summed E-state index contributed by atoms with van der Waals surface area (Å²) in [5, 5.41) is 0.112. The van der Waals surface area contributed by atoms with Crippen LogP contribution in [0.1, 0.15) is 18.1 Å². The van der Waals surface area contributed by atoms with Gasteiger partial charge in [-0.2, -0.15) is 8.42 Å². The van der Waals surface area contributed by atoms with Crippen molar-refractivity contribution in [3.8, 4) is 11.5 Å². The molecule has 3 aromatic carbocycles. The first kappa shape index (κ1) is 20.9. The van der Waals surface area contributed by atoms with Crippen LogP contribution in [0.3, 0.4) is 0 Å². The monoisotopic (exact) mass is 429 g/mol. The van der Waals surface area contributed by atoms with E-state index in [0.29, 0.717) is 12.2 Å². The Hall–Kier alpha value is -2.83. The number of hydrogen-bond donors (Lipinski definition) is 0. The van der Waals surface area contributed by atoms with Gasteiger partial charge in [-0.1, -0.05) is 47.5 Å². The van der Waals surface area contributed by atoms with Crippen molar-refractivity contribution in [1.29, 1.82) is 0 Å². The summed E-state index contributed by atoms with van der Waals surface area (Å²) in [6, 6.07) is 19.0. The molecule has 0 bridgehead atoms. The van der Waals surface area contributed by atoms with E-state index >= 15 is 0 Å². The third-order valence-corrected chi connectivity index (χ3v) is 5.47. The average molecular weight is 430 g/mol. The Morgan fingerprint density at radius 2 is 1.72 bits per heavy atom. The van der Waals surface area contributed by atoms with E-state index in [2.05, 4.69) is 4.99 Å². The minimum Gasteiger partial charge on any atom is -0.490 e. The molecule has 0 amide bonds. The average Bonchev–Trinajstić information content (AvgIpc) is 2.70. The molecule has 0 aliphatic heterocycles. The van der Waals surface area contributed by atoms with Crippen LogP contribution in [0.25, 0.3) is 0 Å². The third-order valence-electron chi connectivity index (χ3n) is 3.95. The Morgan fingerprint density at radius 1 is 1.03 bits per heavy atom. The highest BCUT2D eigenvalue weighted by Crippen LogP contribution is 2.38. The standard InChI is InChI=1S/C22H20ClNO4S/c1-3-27-21-14-17(15-24-18-7-5-4-6-8-18)13-20(23)22(21)28-29(25,26)19-11-9-16(2)10-12-19/h4-15H,3H2,1-2H3. The summed E-state index contributed by atoms with van der Waals surface area (Å²) >= 11 is 6.34. The molecule has 3 aromatic rings. The summed E-state index contributed by atoms with van der Waals surface area (Å²) in [6.45, 7) is 3.98. The molecule has 0 aliphatic carbocycles. The van der Waals surface area contributed by atoms with Gasteiger partial charge in [0.2, 0.25) is 5.75 Å². The van der Waals surface area contributed by atoms with E-state index in [1.807, 2.05) is 37.3 Å². The van der Waals surface area contributed by atoms with E-state index < -0.39 is 10.1 Å². The molecule has 3 rings (SSSR count). The van der Waals surface area contributed by atoms with Gasteiger partial charge in [-0.15, -0.1) is 0 Å². The van der Waals surface area contributed by atoms with E-state index in [9.17, 15) is 8.42 Å². The van der Waals surface area contributed by atoms with Crippen LogP contribution in [0.2, 0.25) is 5.02 Å². The molecule has 0 radical (unpaired) electrons. The van der Waals surface area contributed by atoms with Gasteiger partial charge < -0.3 is 8.92 Å². The lowest BCUT2D eigenvalue weighted by Crippen LogP contribution is -2.11. The molecule has 29 heavy (non-hydrogen) atoms. The van der Waals surface area contributed by atoms with Crippen molar-refractivity contribution in [2.24, 2.45) is 4.99 Å². The number of halogens is 1. The molecular formula is C22H20ClNO4S. The Labute approximate surface area is 175 Å². The van der Waals surface area contributed by atoms with Crippen LogP contribution in [0.5, 0.6) is 11.5 Å². The fourth-order valence-electron chi connectivity index (χ4n) is 2.53. The molecule has 5 nitrogen and oxygen atoms in total. The molecule has 0 atom stereocenters. The largest absolute Gasteiger partial charge is 0.490 e. The summed E-state index contributed by atoms with van der Waals surface area (Å²) in [5.41, 5.74) is 2.38. The summed E-state index contributed by atoms with van der Waals surface area (Å²) < 4.78 is 36.2. The maximum atomic E-state index is 12.7. The number of aryl methyl sites for hydroxylation is 1. The van der Waals surface area contributed by atoms with Gasteiger partial charge in [0.15, 0.2) is 5.75 Å². The van der Waals surface area contributed by atoms with Crippen LogP contribution in [0.4, 0.5) is 5.69 Å². The summed E-state index contributed by atoms with van der Waals surface area (Å²) in [4.78, 5) is 4.42. The van der Waals surface area contributed by atoms with E-state index in [1.54, 1.807) is 37.4 Å². The van der Waals surface area contributed by atoms with Gasteiger partial charge in [-0.25, -0.2) is 0 Å². The van der Waals surface area contributed by atoms with Crippen molar-refractivity contribution in [2.75, 3.05) is 6.61 Å². The van der Waals surface area contributed by atoms with Gasteiger partial charge in [0.05, 0.1) is 17.3 Å². The smallest absolute Gasteiger partial charge is 0.339 e. The van der Waals surface area contributed by atoms with E-state index in [1.165, 1.54) is 12.1 Å². The first-order valence-corrected chi connectivity index (χ1v) is 10.7. The summed E-state index contributed by atoms with van der Waals surface area (Å²) in [5.74, 6) is 0.177. The van der Waals surface area contributed by atoms with E-state index in [4.69, 9.17) is 20.5 Å². The SMILES string of the molecule is CCOc1cc(C=Nc2ccccc2)cc(Cl)c1OS(=O)(=O)c1ccc(C)cc1. The van der Waals surface area contributed by atoms with Crippen molar-refractivity contribution in [1.82, 2.24) is 0 Å². The van der Waals surface area contributed by atoms with Crippen LogP contribution in [-0.2, 0) is 10.1 Å². The third kappa shape index (κ3) is 5.37. The van der Waals surface area contributed by atoms with Crippen LogP contribution in [0, 0.1) is 6.92 Å². The highest BCUT2D eigenvalue weighted by Gasteiger charge is 2.22.